The van der Waals surface area contributed by atoms with Crippen LogP contribution in [0, 0.1) is 12.8 Å². The van der Waals surface area contributed by atoms with E-state index in [1.165, 1.54) is 37.7 Å². The average molecular weight is 275 g/mol. The highest BCUT2D eigenvalue weighted by Crippen LogP contribution is 2.27. The molecule has 1 fully saturated rings. The van der Waals surface area contributed by atoms with Gasteiger partial charge < -0.3 is 15.8 Å². The first kappa shape index (κ1) is 14.7. The summed E-state index contributed by atoms with van der Waals surface area (Å²) in [7, 11) is 2.09. The molecule has 1 aliphatic carbocycles. The Bertz CT molecular complexity index is 479. The Labute approximate surface area is 121 Å². The van der Waals surface area contributed by atoms with Crippen molar-refractivity contribution in [1.82, 2.24) is 0 Å². The summed E-state index contributed by atoms with van der Waals surface area (Å²) in [6.45, 7) is 3.10. The highest BCUT2D eigenvalue weighted by Gasteiger charge is 2.18. The molecule has 1 aromatic rings. The second kappa shape index (κ2) is 6.64. The largest absolute Gasteiger partial charge is 0.409 e. The number of rotatable bonds is 4. The Kier molecular flexibility index (Phi) is 4.88. The Morgan fingerprint density at radius 2 is 2.05 bits per heavy atom. The minimum Gasteiger partial charge on any atom is -0.409 e. The molecule has 0 saturated heterocycles. The number of hydrogen-bond donors (Lipinski definition) is 2. The van der Waals surface area contributed by atoms with Gasteiger partial charge in [0.2, 0.25) is 0 Å². The molecule has 4 heteroatoms. The van der Waals surface area contributed by atoms with Crippen LogP contribution in [0.25, 0.3) is 0 Å². The molecule has 0 amide bonds. The minimum absolute atomic E-state index is 0.176. The van der Waals surface area contributed by atoms with Crippen LogP contribution in [0.2, 0.25) is 0 Å². The van der Waals surface area contributed by atoms with Crippen LogP contribution < -0.4 is 10.6 Å². The molecule has 1 aromatic carbocycles. The fourth-order valence-corrected chi connectivity index (χ4v) is 3.08. The van der Waals surface area contributed by atoms with Gasteiger partial charge in [-0.1, -0.05) is 30.5 Å². The van der Waals surface area contributed by atoms with E-state index in [1.54, 1.807) is 0 Å². The van der Waals surface area contributed by atoms with E-state index in [4.69, 9.17) is 10.9 Å². The van der Waals surface area contributed by atoms with Gasteiger partial charge in [-0.25, -0.2) is 0 Å². The van der Waals surface area contributed by atoms with Gasteiger partial charge >= 0.3 is 0 Å². The summed E-state index contributed by atoms with van der Waals surface area (Å²) in [5.41, 5.74) is 8.82. The van der Waals surface area contributed by atoms with Gasteiger partial charge in [-0.05, 0) is 43.4 Å². The van der Waals surface area contributed by atoms with Gasteiger partial charge in [0, 0.05) is 24.8 Å². The topological polar surface area (TPSA) is 61.9 Å². The Hall–Kier alpha value is -1.71. The maximum atomic E-state index is 8.93. The van der Waals surface area contributed by atoms with E-state index in [-0.39, 0.29) is 5.84 Å². The number of hydrogen-bond acceptors (Lipinski definition) is 3. The van der Waals surface area contributed by atoms with Crippen LogP contribution in [0.4, 0.5) is 5.69 Å². The van der Waals surface area contributed by atoms with Crippen LogP contribution >= 0.6 is 0 Å². The van der Waals surface area contributed by atoms with Gasteiger partial charge in [0.05, 0.1) is 0 Å². The van der Waals surface area contributed by atoms with E-state index < -0.39 is 0 Å². The number of aryl methyl sites for hydroxylation is 1. The lowest BCUT2D eigenvalue weighted by Gasteiger charge is -2.29. The van der Waals surface area contributed by atoms with E-state index >= 15 is 0 Å². The molecule has 2 rings (SSSR count). The van der Waals surface area contributed by atoms with Crippen molar-refractivity contribution in [2.24, 2.45) is 16.8 Å². The van der Waals surface area contributed by atoms with Crippen molar-refractivity contribution in [3.05, 3.63) is 29.3 Å². The van der Waals surface area contributed by atoms with Gasteiger partial charge in [-0.3, -0.25) is 0 Å². The van der Waals surface area contributed by atoms with Gasteiger partial charge in [-0.2, -0.15) is 0 Å². The van der Waals surface area contributed by atoms with E-state index in [0.717, 1.165) is 23.7 Å². The molecule has 0 heterocycles. The van der Waals surface area contributed by atoms with E-state index in [9.17, 15) is 0 Å². The first-order valence-corrected chi connectivity index (χ1v) is 7.41. The first-order valence-electron chi connectivity index (χ1n) is 7.41. The van der Waals surface area contributed by atoms with Crippen molar-refractivity contribution in [3.63, 3.8) is 0 Å². The highest BCUT2D eigenvalue weighted by molar-refractivity contribution is 6.02. The summed E-state index contributed by atoms with van der Waals surface area (Å²) < 4.78 is 0. The van der Waals surface area contributed by atoms with E-state index in [0.29, 0.717) is 0 Å². The van der Waals surface area contributed by atoms with Crippen molar-refractivity contribution in [1.29, 1.82) is 0 Å². The smallest absolute Gasteiger partial charge is 0.172 e. The number of amidine groups is 1. The third-order valence-electron chi connectivity index (χ3n) is 4.20. The van der Waals surface area contributed by atoms with Crippen molar-refractivity contribution in [2.75, 3.05) is 18.5 Å². The molecule has 110 valence electrons. The van der Waals surface area contributed by atoms with Crippen molar-refractivity contribution in [2.45, 2.75) is 39.0 Å². The molecule has 0 bridgehead atoms. The zero-order valence-electron chi connectivity index (χ0n) is 12.5. The predicted molar refractivity (Wildman–Crippen MR) is 83.5 cm³/mol. The lowest BCUT2D eigenvalue weighted by Crippen LogP contribution is -2.29. The molecule has 20 heavy (non-hydrogen) atoms. The van der Waals surface area contributed by atoms with Gasteiger partial charge in [0.15, 0.2) is 5.84 Å². The lowest BCUT2D eigenvalue weighted by molar-refractivity contribution is 0.318. The highest BCUT2D eigenvalue weighted by atomic mass is 16.4. The molecule has 0 aromatic heterocycles. The molecule has 1 aliphatic rings. The molecule has 4 nitrogen and oxygen atoms in total. The second-order valence-electron chi connectivity index (χ2n) is 5.89. The van der Waals surface area contributed by atoms with Crippen LogP contribution in [0.1, 0.15) is 43.2 Å². The average Bonchev–Trinajstić information content (AvgIpc) is 2.47. The summed E-state index contributed by atoms with van der Waals surface area (Å²) in [5.74, 6) is 0.935. The third-order valence-corrected chi connectivity index (χ3v) is 4.20. The fourth-order valence-electron chi connectivity index (χ4n) is 3.08. The Morgan fingerprint density at radius 1 is 1.35 bits per heavy atom. The zero-order chi connectivity index (χ0) is 14.5. The maximum absolute atomic E-state index is 8.93. The lowest BCUT2D eigenvalue weighted by atomic mass is 9.89. The normalized spacial score (nSPS) is 17.2. The molecule has 1 saturated carbocycles. The molecule has 0 spiro atoms. The maximum Gasteiger partial charge on any atom is 0.172 e. The van der Waals surface area contributed by atoms with Gasteiger partial charge in [-0.15, -0.1) is 0 Å². The standard InChI is InChI=1S/C16H25N3O/c1-12-8-9-14(16(17)18-20)15(10-12)19(2)11-13-6-4-3-5-7-13/h8-10,13,20H,3-7,11H2,1-2H3,(H2,17,18). The second-order valence-corrected chi connectivity index (χ2v) is 5.89. The summed E-state index contributed by atoms with van der Waals surface area (Å²) in [4.78, 5) is 2.25. The van der Waals surface area contributed by atoms with Crippen LogP contribution in [-0.4, -0.2) is 24.6 Å². The first-order chi connectivity index (χ1) is 9.61. The van der Waals surface area contributed by atoms with Crippen molar-refractivity contribution < 1.29 is 5.21 Å². The molecule has 0 atom stereocenters. The molecule has 3 N–H and O–H groups in total. The van der Waals surface area contributed by atoms with Crippen LogP contribution in [-0.2, 0) is 0 Å². The van der Waals surface area contributed by atoms with E-state index in [2.05, 4.69) is 30.1 Å². The molecular formula is C16H25N3O. The molecule has 0 radical (unpaired) electrons. The van der Waals surface area contributed by atoms with Gasteiger partial charge in [0.25, 0.3) is 0 Å². The van der Waals surface area contributed by atoms with Crippen LogP contribution in [0.5, 0.6) is 0 Å². The Balaban J connectivity index is 2.19. The van der Waals surface area contributed by atoms with Gasteiger partial charge in [0.1, 0.15) is 0 Å². The molecule has 0 aliphatic heterocycles. The fraction of sp³-hybridized carbons (Fsp3) is 0.562. The quantitative estimate of drug-likeness (QED) is 0.384. The summed E-state index contributed by atoms with van der Waals surface area (Å²) >= 11 is 0. The SMILES string of the molecule is Cc1ccc(C(N)=NO)c(N(C)CC2CCCCC2)c1. The summed E-state index contributed by atoms with van der Waals surface area (Å²) in [6, 6.07) is 6.03. The van der Waals surface area contributed by atoms with Crippen molar-refractivity contribution >= 4 is 11.5 Å². The van der Waals surface area contributed by atoms with Crippen molar-refractivity contribution in [3.8, 4) is 0 Å². The predicted octanol–water partition coefficient (Wildman–Crippen LogP) is 3.11. The number of nitrogens with zero attached hydrogens (tertiary/aromatic N) is 2. The Morgan fingerprint density at radius 3 is 2.70 bits per heavy atom. The summed E-state index contributed by atoms with van der Waals surface area (Å²) in [5, 5.41) is 12.1. The third kappa shape index (κ3) is 3.44. The zero-order valence-corrected chi connectivity index (χ0v) is 12.5. The van der Waals surface area contributed by atoms with Crippen LogP contribution in [0.3, 0.4) is 0 Å². The molecule has 0 unspecified atom stereocenters. The number of anilines is 1. The minimum atomic E-state index is 0.176. The van der Waals surface area contributed by atoms with E-state index in [1.807, 2.05) is 12.1 Å². The monoisotopic (exact) mass is 275 g/mol. The number of benzene rings is 1. The number of nitrogens with two attached hydrogens (primary N) is 1. The number of oxime groups is 1. The summed E-state index contributed by atoms with van der Waals surface area (Å²) in [6.07, 6.45) is 6.70. The van der Waals surface area contributed by atoms with Crippen LogP contribution in [0.15, 0.2) is 23.4 Å². The molecular weight excluding hydrogens is 250 g/mol.